The summed E-state index contributed by atoms with van der Waals surface area (Å²) in [7, 11) is 0. The van der Waals surface area contributed by atoms with Crippen molar-refractivity contribution in [2.24, 2.45) is 0 Å². The summed E-state index contributed by atoms with van der Waals surface area (Å²) in [6.07, 6.45) is 13.0. The summed E-state index contributed by atoms with van der Waals surface area (Å²) in [4.78, 5) is 15.2. The third-order valence-corrected chi connectivity index (χ3v) is 6.51. The van der Waals surface area contributed by atoms with Gasteiger partial charge >= 0.3 is 6.03 Å². The second-order valence-electron chi connectivity index (χ2n) is 9.10. The zero-order chi connectivity index (χ0) is 22.4. The van der Waals surface area contributed by atoms with Crippen molar-refractivity contribution in [2.75, 3.05) is 25.0 Å². The number of anilines is 1. The molecule has 32 heavy (non-hydrogen) atoms. The molecular formula is C28H41N3O. The van der Waals surface area contributed by atoms with Crippen molar-refractivity contribution < 1.29 is 4.79 Å². The third kappa shape index (κ3) is 8.31. The summed E-state index contributed by atoms with van der Waals surface area (Å²) in [6.45, 7) is 5.65. The molecule has 1 fully saturated rings. The highest BCUT2D eigenvalue weighted by atomic mass is 16.2. The number of carbonyl (C=O) groups is 1. The maximum Gasteiger partial charge on any atom is 0.319 e. The maximum atomic E-state index is 12.6. The van der Waals surface area contributed by atoms with Crippen LogP contribution >= 0.6 is 0 Å². The van der Waals surface area contributed by atoms with Crippen LogP contribution < -0.4 is 10.6 Å². The number of likely N-dealkylation sites (tertiary alicyclic amines) is 1. The Bertz CT molecular complexity index is 784. The highest BCUT2D eigenvalue weighted by Crippen LogP contribution is 2.27. The Morgan fingerprint density at radius 1 is 0.844 bits per heavy atom. The predicted octanol–water partition coefficient (Wildman–Crippen LogP) is 7.08. The van der Waals surface area contributed by atoms with Crippen LogP contribution in [0.5, 0.6) is 0 Å². The molecule has 0 saturated carbocycles. The molecular weight excluding hydrogens is 394 g/mol. The summed E-state index contributed by atoms with van der Waals surface area (Å²) >= 11 is 0. The summed E-state index contributed by atoms with van der Waals surface area (Å²) in [5.74, 6) is 0. The van der Waals surface area contributed by atoms with E-state index in [1.165, 1.54) is 57.9 Å². The Kier molecular flexibility index (Phi) is 10.6. The van der Waals surface area contributed by atoms with Gasteiger partial charge in [0.25, 0.3) is 0 Å². The van der Waals surface area contributed by atoms with Crippen molar-refractivity contribution in [1.82, 2.24) is 10.2 Å². The van der Waals surface area contributed by atoms with Gasteiger partial charge in [0.1, 0.15) is 0 Å². The van der Waals surface area contributed by atoms with Gasteiger partial charge in [-0.3, -0.25) is 0 Å². The molecule has 1 aliphatic rings. The van der Waals surface area contributed by atoms with Gasteiger partial charge in [-0.15, -0.1) is 0 Å². The molecule has 0 radical (unpaired) electrons. The molecule has 2 aromatic rings. The first kappa shape index (κ1) is 24.3. The molecule has 1 heterocycles. The van der Waals surface area contributed by atoms with Gasteiger partial charge in [-0.2, -0.15) is 0 Å². The number of amides is 2. The minimum absolute atomic E-state index is 0.102. The van der Waals surface area contributed by atoms with Crippen LogP contribution in [-0.4, -0.2) is 36.6 Å². The molecule has 4 heteroatoms. The number of benzene rings is 2. The average Bonchev–Trinajstić information content (AvgIpc) is 2.83. The minimum atomic E-state index is -0.102. The first-order valence-electron chi connectivity index (χ1n) is 12.7. The van der Waals surface area contributed by atoms with Gasteiger partial charge in [-0.25, -0.2) is 4.79 Å². The number of hydrogen-bond donors (Lipinski definition) is 2. The van der Waals surface area contributed by atoms with E-state index in [2.05, 4.69) is 40.7 Å². The highest BCUT2D eigenvalue weighted by Gasteiger charge is 2.20. The van der Waals surface area contributed by atoms with Gasteiger partial charge in [0.05, 0.1) is 5.69 Å². The number of carbonyl (C=O) groups excluding carboxylic acids is 1. The lowest BCUT2D eigenvalue weighted by Gasteiger charge is -2.32. The molecule has 1 aliphatic heterocycles. The van der Waals surface area contributed by atoms with Crippen LogP contribution in [0, 0.1) is 0 Å². The Labute approximate surface area is 194 Å². The zero-order valence-corrected chi connectivity index (χ0v) is 19.8. The molecule has 0 spiro atoms. The van der Waals surface area contributed by atoms with Crippen LogP contribution in [0.1, 0.15) is 71.1 Å². The number of para-hydroxylation sites is 1. The van der Waals surface area contributed by atoms with E-state index in [9.17, 15) is 4.79 Å². The Balaban J connectivity index is 1.33. The molecule has 2 amide bonds. The highest BCUT2D eigenvalue weighted by molar-refractivity contribution is 5.94. The summed E-state index contributed by atoms with van der Waals surface area (Å²) in [5, 5.41) is 6.26. The second kappa shape index (κ2) is 13.9. The molecule has 2 N–H and O–H groups in total. The smallest absolute Gasteiger partial charge is 0.319 e. The van der Waals surface area contributed by atoms with Gasteiger partial charge in [-0.1, -0.05) is 100 Å². The second-order valence-corrected chi connectivity index (χ2v) is 9.10. The lowest BCUT2D eigenvalue weighted by molar-refractivity contribution is 0.193. The largest absolute Gasteiger partial charge is 0.335 e. The first-order chi connectivity index (χ1) is 15.8. The number of piperidine rings is 1. The van der Waals surface area contributed by atoms with Crippen molar-refractivity contribution in [1.29, 1.82) is 0 Å². The molecule has 0 aliphatic carbocycles. The van der Waals surface area contributed by atoms with Crippen molar-refractivity contribution in [3.05, 3.63) is 54.6 Å². The fraction of sp³-hybridized carbons (Fsp3) is 0.536. The van der Waals surface area contributed by atoms with E-state index in [0.29, 0.717) is 0 Å². The monoisotopic (exact) mass is 435 g/mol. The van der Waals surface area contributed by atoms with E-state index in [1.807, 2.05) is 36.4 Å². The molecule has 3 rings (SSSR count). The Morgan fingerprint density at radius 2 is 1.47 bits per heavy atom. The van der Waals surface area contributed by atoms with E-state index in [0.717, 1.165) is 42.7 Å². The van der Waals surface area contributed by atoms with Crippen molar-refractivity contribution in [3.63, 3.8) is 0 Å². The Morgan fingerprint density at radius 3 is 2.19 bits per heavy atom. The fourth-order valence-corrected chi connectivity index (χ4v) is 4.58. The van der Waals surface area contributed by atoms with E-state index in [4.69, 9.17) is 0 Å². The molecule has 0 bridgehead atoms. The maximum absolute atomic E-state index is 12.6. The van der Waals surface area contributed by atoms with Crippen LogP contribution in [0.4, 0.5) is 10.5 Å². The van der Waals surface area contributed by atoms with E-state index >= 15 is 0 Å². The van der Waals surface area contributed by atoms with Gasteiger partial charge in [0, 0.05) is 24.7 Å². The van der Waals surface area contributed by atoms with Crippen molar-refractivity contribution in [3.8, 4) is 11.1 Å². The van der Waals surface area contributed by atoms with Crippen LogP contribution in [0.3, 0.4) is 0 Å². The van der Waals surface area contributed by atoms with Crippen LogP contribution in [0.2, 0.25) is 0 Å². The van der Waals surface area contributed by atoms with Gasteiger partial charge in [-0.05, 0) is 37.4 Å². The van der Waals surface area contributed by atoms with Gasteiger partial charge < -0.3 is 15.5 Å². The molecule has 4 nitrogen and oxygen atoms in total. The average molecular weight is 436 g/mol. The molecule has 1 saturated heterocycles. The number of rotatable bonds is 12. The Hall–Kier alpha value is -2.33. The van der Waals surface area contributed by atoms with E-state index in [1.54, 1.807) is 0 Å². The van der Waals surface area contributed by atoms with Gasteiger partial charge in [0.15, 0.2) is 0 Å². The number of hydrogen-bond acceptors (Lipinski definition) is 2. The van der Waals surface area contributed by atoms with E-state index in [-0.39, 0.29) is 12.1 Å². The first-order valence-corrected chi connectivity index (χ1v) is 12.7. The van der Waals surface area contributed by atoms with Crippen molar-refractivity contribution >= 4 is 11.7 Å². The topological polar surface area (TPSA) is 44.4 Å². The number of unbranched alkanes of at least 4 members (excludes halogenated alkanes) is 7. The van der Waals surface area contributed by atoms with E-state index < -0.39 is 0 Å². The summed E-state index contributed by atoms with van der Waals surface area (Å²) < 4.78 is 0. The minimum Gasteiger partial charge on any atom is -0.335 e. The van der Waals surface area contributed by atoms with Crippen LogP contribution in [0.15, 0.2) is 54.6 Å². The molecule has 0 atom stereocenters. The third-order valence-electron chi connectivity index (χ3n) is 6.51. The van der Waals surface area contributed by atoms with Crippen LogP contribution in [0.25, 0.3) is 11.1 Å². The number of urea groups is 1. The quantitative estimate of drug-likeness (QED) is 0.350. The lowest BCUT2D eigenvalue weighted by atomic mass is 10.0. The van der Waals surface area contributed by atoms with Crippen LogP contribution in [-0.2, 0) is 0 Å². The summed E-state index contributed by atoms with van der Waals surface area (Å²) in [6, 6.07) is 18.3. The number of nitrogens with zero attached hydrogens (tertiary/aromatic N) is 1. The SMILES string of the molecule is CCCCCCCCCCN1CCC(NC(=O)Nc2ccccc2-c2ccccc2)CC1. The zero-order valence-electron chi connectivity index (χ0n) is 19.8. The molecule has 2 aromatic carbocycles. The van der Waals surface area contributed by atoms with Gasteiger partial charge in [0.2, 0.25) is 0 Å². The predicted molar refractivity (Wildman–Crippen MR) is 136 cm³/mol. The standard InChI is InChI=1S/C28H41N3O/c1-2-3-4-5-6-7-8-14-21-31-22-19-25(20-23-31)29-28(32)30-27-18-13-12-17-26(27)24-15-10-9-11-16-24/h9-13,15-18,25H,2-8,14,19-23H2,1H3,(H2,29,30,32). The fourth-order valence-electron chi connectivity index (χ4n) is 4.58. The summed E-state index contributed by atoms with van der Waals surface area (Å²) in [5.41, 5.74) is 3.00. The molecule has 0 unspecified atom stereocenters. The lowest BCUT2D eigenvalue weighted by Crippen LogP contribution is -2.46. The normalized spacial score (nSPS) is 14.9. The molecule has 0 aromatic heterocycles. The van der Waals surface area contributed by atoms with Crippen molar-refractivity contribution in [2.45, 2.75) is 77.2 Å². The molecule has 174 valence electrons. The number of nitrogens with one attached hydrogen (secondary N) is 2.